The quantitative estimate of drug-likeness (QED) is 0.719. The maximum atomic E-state index is 12.9. The highest BCUT2D eigenvalue weighted by atomic mass is 32.2. The molecule has 1 saturated heterocycles. The molecule has 0 radical (unpaired) electrons. The van der Waals surface area contributed by atoms with Gasteiger partial charge in [0.25, 0.3) is 10.0 Å². The number of aromatic amines is 1. The first-order chi connectivity index (χ1) is 12.6. The van der Waals surface area contributed by atoms with Crippen molar-refractivity contribution in [2.75, 3.05) is 13.1 Å². The third-order valence-corrected chi connectivity index (χ3v) is 9.58. The highest BCUT2D eigenvalue weighted by Crippen LogP contribution is 2.46. The van der Waals surface area contributed by atoms with Crippen LogP contribution in [-0.2, 0) is 21.9 Å². The van der Waals surface area contributed by atoms with E-state index in [9.17, 15) is 8.42 Å². The Bertz CT molecular complexity index is 1020. The Kier molecular flexibility index (Phi) is 3.86. The number of hydrogen-bond acceptors (Lipinski definition) is 5. The maximum absolute atomic E-state index is 12.9. The summed E-state index contributed by atoms with van der Waals surface area (Å²) in [6, 6.07) is 5.59. The van der Waals surface area contributed by atoms with Crippen LogP contribution in [-0.4, -0.2) is 36.0 Å². The Morgan fingerprint density at radius 3 is 2.92 bits per heavy atom. The molecule has 4 heterocycles. The SMILES string of the molecule is O=S(=O)(c1cccs1)N1CC[C@@]2(CCCc3c(-c4ccsc4)n[nH]c32)C1. The topological polar surface area (TPSA) is 66.1 Å². The van der Waals surface area contributed by atoms with Gasteiger partial charge in [-0.05, 0) is 48.6 Å². The van der Waals surface area contributed by atoms with Gasteiger partial charge in [-0.1, -0.05) is 6.07 Å². The summed E-state index contributed by atoms with van der Waals surface area (Å²) in [5, 5.41) is 13.9. The van der Waals surface area contributed by atoms with E-state index in [2.05, 4.69) is 27.0 Å². The molecule has 1 atom stereocenters. The molecule has 136 valence electrons. The molecule has 3 aromatic rings. The molecular weight excluding hydrogens is 386 g/mol. The first kappa shape index (κ1) is 16.7. The highest BCUT2D eigenvalue weighted by molar-refractivity contribution is 7.91. The Labute approximate surface area is 160 Å². The molecular formula is C18H19N3O2S3. The van der Waals surface area contributed by atoms with Gasteiger partial charge in [0.1, 0.15) is 4.21 Å². The largest absolute Gasteiger partial charge is 0.281 e. The van der Waals surface area contributed by atoms with Crippen molar-refractivity contribution in [3.8, 4) is 11.3 Å². The number of hydrogen-bond donors (Lipinski definition) is 1. The molecule has 1 N–H and O–H groups in total. The molecule has 0 unspecified atom stereocenters. The maximum Gasteiger partial charge on any atom is 0.252 e. The third kappa shape index (κ3) is 2.43. The molecule has 1 spiro atoms. The Morgan fingerprint density at radius 1 is 1.23 bits per heavy atom. The van der Waals surface area contributed by atoms with Gasteiger partial charge in [-0.15, -0.1) is 11.3 Å². The summed E-state index contributed by atoms with van der Waals surface area (Å²) in [4.78, 5) is 0. The van der Waals surface area contributed by atoms with E-state index >= 15 is 0 Å². The van der Waals surface area contributed by atoms with Crippen LogP contribution < -0.4 is 0 Å². The molecule has 3 aromatic heterocycles. The molecule has 26 heavy (non-hydrogen) atoms. The Morgan fingerprint density at radius 2 is 2.15 bits per heavy atom. The number of H-pyrrole nitrogens is 1. The van der Waals surface area contributed by atoms with Crippen LogP contribution in [0.2, 0.25) is 0 Å². The van der Waals surface area contributed by atoms with Crippen LogP contribution >= 0.6 is 22.7 Å². The summed E-state index contributed by atoms with van der Waals surface area (Å²) in [7, 11) is -3.39. The predicted octanol–water partition coefficient (Wildman–Crippen LogP) is 3.87. The van der Waals surface area contributed by atoms with Crippen molar-refractivity contribution in [3.63, 3.8) is 0 Å². The monoisotopic (exact) mass is 405 g/mol. The fourth-order valence-electron chi connectivity index (χ4n) is 4.40. The lowest BCUT2D eigenvalue weighted by Crippen LogP contribution is -2.36. The van der Waals surface area contributed by atoms with Crippen LogP contribution in [0.4, 0.5) is 0 Å². The molecule has 0 bridgehead atoms. The molecule has 0 aromatic carbocycles. The lowest BCUT2D eigenvalue weighted by molar-refractivity contribution is 0.358. The standard InChI is InChI=1S/C18H19N3O2S3/c22-26(23,15-4-2-9-25-15)21-8-7-18(12-21)6-1-3-14-16(19-20-17(14)18)13-5-10-24-11-13/h2,4-5,9-11H,1,3,6-8,12H2,(H,19,20)/t18-/m0/s1. The molecule has 1 aliphatic carbocycles. The number of aromatic nitrogens is 2. The van der Waals surface area contributed by atoms with Crippen LogP contribution in [0.25, 0.3) is 11.3 Å². The zero-order valence-corrected chi connectivity index (χ0v) is 16.6. The summed E-state index contributed by atoms with van der Waals surface area (Å²) in [6.45, 7) is 1.12. The molecule has 5 nitrogen and oxygen atoms in total. The van der Waals surface area contributed by atoms with Gasteiger partial charge in [0.05, 0.1) is 5.69 Å². The predicted molar refractivity (Wildman–Crippen MR) is 104 cm³/mol. The van der Waals surface area contributed by atoms with E-state index in [-0.39, 0.29) is 5.41 Å². The average Bonchev–Trinajstić information content (AvgIpc) is 3.41. The lowest BCUT2D eigenvalue weighted by atomic mass is 9.72. The van der Waals surface area contributed by atoms with Crippen molar-refractivity contribution >= 4 is 32.7 Å². The van der Waals surface area contributed by atoms with Crippen molar-refractivity contribution in [2.45, 2.75) is 35.3 Å². The van der Waals surface area contributed by atoms with Crippen molar-refractivity contribution in [2.24, 2.45) is 0 Å². The van der Waals surface area contributed by atoms with Gasteiger partial charge in [-0.2, -0.15) is 20.7 Å². The number of thiophene rings is 2. The van der Waals surface area contributed by atoms with Crippen LogP contribution in [0.15, 0.2) is 38.5 Å². The third-order valence-electron chi connectivity index (χ3n) is 5.68. The molecule has 2 aliphatic rings. The number of sulfonamides is 1. The normalized spacial score (nSPS) is 23.5. The number of rotatable bonds is 3. The van der Waals surface area contributed by atoms with Crippen molar-refractivity contribution < 1.29 is 8.42 Å². The van der Waals surface area contributed by atoms with E-state index < -0.39 is 10.0 Å². The number of nitrogens with one attached hydrogen (secondary N) is 1. The van der Waals surface area contributed by atoms with E-state index in [0.717, 1.165) is 42.6 Å². The van der Waals surface area contributed by atoms with Crippen LogP contribution in [0.5, 0.6) is 0 Å². The minimum Gasteiger partial charge on any atom is -0.281 e. The summed E-state index contributed by atoms with van der Waals surface area (Å²) in [5.74, 6) is 0. The smallest absolute Gasteiger partial charge is 0.252 e. The average molecular weight is 406 g/mol. The first-order valence-corrected chi connectivity index (χ1v) is 12.0. The number of fused-ring (bicyclic) bond motifs is 2. The zero-order chi connectivity index (χ0) is 17.8. The summed E-state index contributed by atoms with van der Waals surface area (Å²) in [5.41, 5.74) is 4.52. The van der Waals surface area contributed by atoms with E-state index in [4.69, 9.17) is 0 Å². The molecule has 8 heteroatoms. The van der Waals surface area contributed by atoms with E-state index in [1.165, 1.54) is 16.9 Å². The molecule has 0 saturated carbocycles. The minimum absolute atomic E-state index is 0.126. The molecule has 1 aliphatic heterocycles. The second-order valence-electron chi connectivity index (χ2n) is 7.09. The first-order valence-electron chi connectivity index (χ1n) is 8.74. The number of nitrogens with zero attached hydrogens (tertiary/aromatic N) is 2. The van der Waals surface area contributed by atoms with Gasteiger partial charge in [0, 0.05) is 40.7 Å². The zero-order valence-electron chi connectivity index (χ0n) is 14.1. The van der Waals surface area contributed by atoms with Gasteiger partial charge in [0.2, 0.25) is 0 Å². The van der Waals surface area contributed by atoms with E-state index in [1.807, 2.05) is 5.38 Å². The Balaban J connectivity index is 1.51. The lowest BCUT2D eigenvalue weighted by Gasteiger charge is -2.33. The van der Waals surface area contributed by atoms with Crippen LogP contribution in [0.3, 0.4) is 0 Å². The second-order valence-corrected chi connectivity index (χ2v) is 11.0. The molecule has 0 amide bonds. The highest BCUT2D eigenvalue weighted by Gasteiger charge is 2.48. The van der Waals surface area contributed by atoms with Gasteiger partial charge in [0.15, 0.2) is 0 Å². The Hall–Kier alpha value is -1.48. The fraction of sp³-hybridized carbons (Fsp3) is 0.389. The second kappa shape index (κ2) is 6.02. The van der Waals surface area contributed by atoms with Gasteiger partial charge >= 0.3 is 0 Å². The summed E-state index contributed by atoms with van der Waals surface area (Å²) in [6.07, 6.45) is 3.96. The van der Waals surface area contributed by atoms with E-state index in [1.54, 1.807) is 27.8 Å². The fourth-order valence-corrected chi connectivity index (χ4v) is 7.71. The van der Waals surface area contributed by atoms with Gasteiger partial charge < -0.3 is 0 Å². The van der Waals surface area contributed by atoms with Gasteiger partial charge in [-0.3, -0.25) is 5.10 Å². The van der Waals surface area contributed by atoms with Crippen molar-refractivity contribution in [3.05, 3.63) is 45.6 Å². The van der Waals surface area contributed by atoms with Crippen molar-refractivity contribution in [1.29, 1.82) is 0 Å². The van der Waals surface area contributed by atoms with E-state index in [0.29, 0.717) is 17.3 Å². The summed E-state index contributed by atoms with van der Waals surface area (Å²) < 4.78 is 28.0. The van der Waals surface area contributed by atoms with Crippen LogP contribution in [0.1, 0.15) is 30.5 Å². The summed E-state index contributed by atoms with van der Waals surface area (Å²) >= 11 is 2.97. The van der Waals surface area contributed by atoms with Gasteiger partial charge in [-0.25, -0.2) is 8.42 Å². The molecule has 1 fully saturated rings. The van der Waals surface area contributed by atoms with Crippen LogP contribution in [0, 0.1) is 0 Å². The molecule has 5 rings (SSSR count). The van der Waals surface area contributed by atoms with Crippen molar-refractivity contribution in [1.82, 2.24) is 14.5 Å². The minimum atomic E-state index is -3.39.